The second-order valence-electron chi connectivity index (χ2n) is 5.61. The second-order valence-corrected chi connectivity index (χ2v) is 10.3. The van der Waals surface area contributed by atoms with Crippen LogP contribution in [0.15, 0.2) is 12.1 Å². The Hall–Kier alpha value is -2.41. The summed E-state index contributed by atoms with van der Waals surface area (Å²) >= 11 is 11.9. The Morgan fingerprint density at radius 1 is 1.17 bits per heavy atom. The number of nitrogens with zero attached hydrogens (tertiary/aromatic N) is 4. The van der Waals surface area contributed by atoms with Crippen LogP contribution in [0.3, 0.4) is 0 Å². The Bertz CT molecular complexity index is 1210. The Morgan fingerprint density at radius 2 is 1.63 bits per heavy atom. The lowest BCUT2D eigenvalue weighted by Gasteiger charge is -2.19. The van der Waals surface area contributed by atoms with Crippen LogP contribution in [0.2, 0.25) is 10.0 Å². The first kappa shape index (κ1) is 23.9. The molecule has 0 fully saturated rings. The molecule has 164 valence electrons. The van der Waals surface area contributed by atoms with E-state index in [9.17, 15) is 35.3 Å². The van der Waals surface area contributed by atoms with Crippen molar-refractivity contribution in [2.75, 3.05) is 22.0 Å². The number of ether oxygens (including phenoxy) is 1. The standard InChI is InChI=1S/C13H10Cl2F3N5O5S2/c1-29(24,25)23(30(2,26)27)11-9(5-19)21-22(12(11)20)10-7(14)3-6(4-8(10)15)28-13(16,17)18/h3-4H,20H2,1-2H3. The number of anilines is 2. The maximum atomic E-state index is 12.4. The zero-order valence-electron chi connectivity index (χ0n) is 14.8. The Kier molecular flexibility index (Phi) is 6.12. The fraction of sp³-hybridized carbons (Fsp3) is 0.231. The molecule has 1 aromatic heterocycles. The minimum atomic E-state index is -5.04. The molecule has 10 nitrogen and oxygen atoms in total. The second kappa shape index (κ2) is 7.69. The molecule has 1 heterocycles. The predicted molar refractivity (Wildman–Crippen MR) is 102 cm³/mol. The van der Waals surface area contributed by atoms with E-state index in [0.29, 0.717) is 29.3 Å². The molecule has 0 atom stereocenters. The van der Waals surface area contributed by atoms with Crippen LogP contribution in [-0.4, -0.2) is 45.5 Å². The topological polar surface area (TPSA) is 148 Å². The van der Waals surface area contributed by atoms with Crippen molar-refractivity contribution in [1.82, 2.24) is 9.78 Å². The van der Waals surface area contributed by atoms with Gasteiger partial charge in [-0.25, -0.2) is 21.5 Å². The number of nitriles is 1. The first-order valence-corrected chi connectivity index (χ1v) is 11.7. The predicted octanol–water partition coefficient (Wildman–Crippen LogP) is 2.26. The van der Waals surface area contributed by atoms with Crippen LogP contribution in [-0.2, 0) is 20.0 Å². The van der Waals surface area contributed by atoms with E-state index in [0.717, 1.165) is 0 Å². The largest absolute Gasteiger partial charge is 0.573 e. The van der Waals surface area contributed by atoms with Crippen LogP contribution in [0.25, 0.3) is 5.69 Å². The Balaban J connectivity index is 2.80. The van der Waals surface area contributed by atoms with Crippen molar-refractivity contribution in [3.05, 3.63) is 27.9 Å². The van der Waals surface area contributed by atoms with Gasteiger partial charge in [-0.15, -0.1) is 13.2 Å². The Labute approximate surface area is 178 Å². The van der Waals surface area contributed by atoms with Crippen molar-refractivity contribution >= 4 is 54.8 Å². The van der Waals surface area contributed by atoms with Gasteiger partial charge in [-0.3, -0.25) is 0 Å². The SMILES string of the molecule is CS(=O)(=O)N(c1c(C#N)nn(-c2c(Cl)cc(OC(F)(F)F)cc2Cl)c1N)S(C)(=O)=O. The highest BCUT2D eigenvalue weighted by molar-refractivity contribution is 8.09. The van der Waals surface area contributed by atoms with Crippen LogP contribution in [0.1, 0.15) is 5.69 Å². The Morgan fingerprint density at radius 3 is 2.00 bits per heavy atom. The van der Waals surface area contributed by atoms with Crippen molar-refractivity contribution in [3.63, 3.8) is 0 Å². The average molecular weight is 508 g/mol. The molecule has 0 unspecified atom stereocenters. The van der Waals surface area contributed by atoms with E-state index in [-0.39, 0.29) is 9.40 Å². The molecule has 0 aliphatic rings. The molecule has 0 radical (unpaired) electrons. The number of rotatable bonds is 5. The molecule has 0 saturated carbocycles. The smallest absolute Gasteiger partial charge is 0.406 e. The summed E-state index contributed by atoms with van der Waals surface area (Å²) in [7, 11) is -8.99. The molecule has 0 spiro atoms. The van der Waals surface area contributed by atoms with Crippen LogP contribution in [0, 0.1) is 11.3 Å². The number of aromatic nitrogens is 2. The summed E-state index contributed by atoms with van der Waals surface area (Å²) in [5.74, 6) is -1.46. The number of alkyl halides is 3. The summed E-state index contributed by atoms with van der Waals surface area (Å²) in [6.45, 7) is 0. The number of hydrogen-bond donors (Lipinski definition) is 1. The zero-order valence-corrected chi connectivity index (χ0v) is 17.9. The van der Waals surface area contributed by atoms with Gasteiger partial charge in [-0.2, -0.15) is 14.1 Å². The van der Waals surface area contributed by atoms with E-state index in [1.165, 1.54) is 6.07 Å². The van der Waals surface area contributed by atoms with Gasteiger partial charge in [0.05, 0.1) is 22.6 Å². The highest BCUT2D eigenvalue weighted by atomic mass is 35.5. The maximum Gasteiger partial charge on any atom is 0.573 e. The lowest BCUT2D eigenvalue weighted by molar-refractivity contribution is -0.274. The van der Waals surface area contributed by atoms with Gasteiger partial charge >= 0.3 is 6.36 Å². The number of nitrogens with two attached hydrogens (primary N) is 1. The summed E-state index contributed by atoms with van der Waals surface area (Å²) in [6.07, 6.45) is -3.93. The number of halogens is 5. The molecule has 30 heavy (non-hydrogen) atoms. The van der Waals surface area contributed by atoms with Crippen LogP contribution in [0.5, 0.6) is 5.75 Å². The number of hydrogen-bond acceptors (Lipinski definition) is 8. The van der Waals surface area contributed by atoms with E-state index < -0.39 is 59.4 Å². The van der Waals surface area contributed by atoms with E-state index in [1.54, 1.807) is 0 Å². The van der Waals surface area contributed by atoms with Crippen molar-refractivity contribution in [3.8, 4) is 17.5 Å². The molecule has 0 amide bonds. The van der Waals surface area contributed by atoms with Crippen LogP contribution >= 0.6 is 23.2 Å². The summed E-state index contributed by atoms with van der Waals surface area (Å²) in [5.41, 5.74) is 3.95. The molecule has 0 aliphatic heterocycles. The van der Waals surface area contributed by atoms with Gasteiger partial charge < -0.3 is 10.5 Å². The molecule has 17 heteroatoms. The molecule has 2 N–H and O–H groups in total. The lowest BCUT2D eigenvalue weighted by Crippen LogP contribution is -2.36. The van der Waals surface area contributed by atoms with Crippen molar-refractivity contribution in [1.29, 1.82) is 5.26 Å². The van der Waals surface area contributed by atoms with Crippen LogP contribution in [0.4, 0.5) is 24.7 Å². The highest BCUT2D eigenvalue weighted by Crippen LogP contribution is 2.40. The third-order valence-corrected chi connectivity index (χ3v) is 6.99. The third-order valence-electron chi connectivity index (χ3n) is 3.22. The monoisotopic (exact) mass is 507 g/mol. The minimum absolute atomic E-state index is 0.111. The molecule has 0 saturated heterocycles. The number of nitrogen functional groups attached to an aromatic ring is 1. The average Bonchev–Trinajstić information content (AvgIpc) is 2.79. The van der Waals surface area contributed by atoms with Crippen LogP contribution < -0.4 is 14.2 Å². The summed E-state index contributed by atoms with van der Waals surface area (Å²) in [4.78, 5) is 0. The van der Waals surface area contributed by atoms with Crippen molar-refractivity contribution < 1.29 is 34.7 Å². The van der Waals surface area contributed by atoms with Gasteiger partial charge in [0.25, 0.3) is 0 Å². The molecule has 1 aromatic carbocycles. The van der Waals surface area contributed by atoms with E-state index in [4.69, 9.17) is 28.9 Å². The van der Waals surface area contributed by atoms with Gasteiger partial charge in [0.2, 0.25) is 20.0 Å². The van der Waals surface area contributed by atoms with Crippen molar-refractivity contribution in [2.45, 2.75) is 6.36 Å². The molecule has 2 aromatic rings. The summed E-state index contributed by atoms with van der Waals surface area (Å²) < 4.78 is 89.5. The fourth-order valence-corrected chi connectivity index (χ4v) is 5.98. The minimum Gasteiger partial charge on any atom is -0.406 e. The lowest BCUT2D eigenvalue weighted by atomic mass is 10.3. The van der Waals surface area contributed by atoms with Gasteiger partial charge in [0, 0.05) is 12.1 Å². The number of benzene rings is 1. The van der Waals surface area contributed by atoms with E-state index in [2.05, 4.69) is 9.84 Å². The van der Waals surface area contributed by atoms with Gasteiger partial charge in [0.15, 0.2) is 11.5 Å². The van der Waals surface area contributed by atoms with Gasteiger partial charge in [0.1, 0.15) is 23.2 Å². The first-order valence-electron chi connectivity index (χ1n) is 7.21. The quantitative estimate of drug-likeness (QED) is 0.647. The first-order chi connectivity index (χ1) is 13.5. The normalized spacial score (nSPS) is 12.5. The van der Waals surface area contributed by atoms with E-state index in [1.807, 2.05) is 0 Å². The summed E-state index contributed by atoms with van der Waals surface area (Å²) in [5, 5.41) is 12.0. The molecule has 0 bridgehead atoms. The third kappa shape index (κ3) is 4.83. The highest BCUT2D eigenvalue weighted by Gasteiger charge is 2.36. The van der Waals surface area contributed by atoms with Gasteiger partial charge in [-0.1, -0.05) is 23.2 Å². The molecule has 2 rings (SSSR count). The van der Waals surface area contributed by atoms with Gasteiger partial charge in [-0.05, 0) is 0 Å². The molecule has 0 aliphatic carbocycles. The number of sulfonamides is 2. The zero-order chi connectivity index (χ0) is 23.2. The van der Waals surface area contributed by atoms with Crippen molar-refractivity contribution in [2.24, 2.45) is 0 Å². The summed E-state index contributed by atoms with van der Waals surface area (Å²) in [6, 6.07) is 2.92. The molecular weight excluding hydrogens is 498 g/mol. The maximum absolute atomic E-state index is 12.4. The molecular formula is C13H10Cl2F3N5O5S2. The van der Waals surface area contributed by atoms with E-state index >= 15 is 0 Å². The fourth-order valence-electron chi connectivity index (χ4n) is 2.36.